The number of hydrogen-bond donors (Lipinski definition) is 0. The SMILES string of the molecule is CCCc1nnc2c(=O)n(C[C@H]3CCCOC3)ccn12. The molecular weight excluding hydrogens is 256 g/mol. The van der Waals surface area contributed by atoms with Gasteiger partial charge in [0.15, 0.2) is 0 Å². The van der Waals surface area contributed by atoms with Crippen LogP contribution in [0.3, 0.4) is 0 Å². The molecule has 1 saturated heterocycles. The minimum Gasteiger partial charge on any atom is -0.381 e. The molecule has 1 fully saturated rings. The third-order valence-corrected chi connectivity index (χ3v) is 3.80. The molecule has 108 valence electrons. The molecule has 0 aliphatic carbocycles. The summed E-state index contributed by atoms with van der Waals surface area (Å²) in [6, 6.07) is 0. The minimum absolute atomic E-state index is 0.0621. The molecule has 0 unspecified atom stereocenters. The monoisotopic (exact) mass is 276 g/mol. The average molecular weight is 276 g/mol. The number of aromatic nitrogens is 4. The Morgan fingerprint density at radius 1 is 1.40 bits per heavy atom. The van der Waals surface area contributed by atoms with Gasteiger partial charge in [-0.05, 0) is 19.3 Å². The highest BCUT2D eigenvalue weighted by Gasteiger charge is 2.16. The highest BCUT2D eigenvalue weighted by atomic mass is 16.5. The van der Waals surface area contributed by atoms with Gasteiger partial charge in [-0.25, -0.2) is 0 Å². The van der Waals surface area contributed by atoms with Gasteiger partial charge in [0, 0.05) is 37.9 Å². The molecule has 6 nitrogen and oxygen atoms in total. The molecule has 0 radical (unpaired) electrons. The minimum atomic E-state index is -0.0621. The van der Waals surface area contributed by atoms with Crippen LogP contribution in [0.5, 0.6) is 0 Å². The van der Waals surface area contributed by atoms with Crippen LogP contribution in [-0.4, -0.2) is 32.4 Å². The standard InChI is InChI=1S/C14H20N4O2/c1-2-4-12-15-16-13-14(19)17(6-7-18(12)13)9-11-5-3-8-20-10-11/h6-7,11H,2-5,8-10H2,1H3/t11-/m1/s1. The number of ether oxygens (including phenoxy) is 1. The van der Waals surface area contributed by atoms with Gasteiger partial charge in [-0.3, -0.25) is 9.20 Å². The van der Waals surface area contributed by atoms with Gasteiger partial charge in [-0.15, -0.1) is 10.2 Å². The lowest BCUT2D eigenvalue weighted by Crippen LogP contribution is -2.29. The van der Waals surface area contributed by atoms with E-state index < -0.39 is 0 Å². The Labute approximate surface area is 117 Å². The van der Waals surface area contributed by atoms with Crippen molar-refractivity contribution in [2.24, 2.45) is 5.92 Å². The summed E-state index contributed by atoms with van der Waals surface area (Å²) < 4.78 is 9.01. The van der Waals surface area contributed by atoms with Gasteiger partial charge in [0.05, 0.1) is 6.61 Å². The third kappa shape index (κ3) is 2.47. The molecule has 0 amide bonds. The molecule has 20 heavy (non-hydrogen) atoms. The Balaban J connectivity index is 1.89. The van der Waals surface area contributed by atoms with Crippen molar-refractivity contribution in [2.45, 2.75) is 39.2 Å². The van der Waals surface area contributed by atoms with Gasteiger partial charge in [0.1, 0.15) is 5.82 Å². The van der Waals surface area contributed by atoms with Crippen LogP contribution in [0, 0.1) is 5.92 Å². The van der Waals surface area contributed by atoms with E-state index in [9.17, 15) is 4.79 Å². The Morgan fingerprint density at radius 3 is 3.05 bits per heavy atom. The van der Waals surface area contributed by atoms with Crippen LogP contribution < -0.4 is 5.56 Å². The first kappa shape index (κ1) is 13.3. The molecule has 0 N–H and O–H groups in total. The number of rotatable bonds is 4. The summed E-state index contributed by atoms with van der Waals surface area (Å²) in [5, 5.41) is 8.15. The van der Waals surface area contributed by atoms with E-state index in [4.69, 9.17) is 4.74 Å². The number of nitrogens with zero attached hydrogens (tertiary/aromatic N) is 4. The Bertz CT molecular complexity index is 640. The fraction of sp³-hybridized carbons (Fsp3) is 0.643. The lowest BCUT2D eigenvalue weighted by molar-refractivity contribution is 0.0480. The predicted molar refractivity (Wildman–Crippen MR) is 74.8 cm³/mol. The Morgan fingerprint density at radius 2 is 2.30 bits per heavy atom. The van der Waals surface area contributed by atoms with Gasteiger partial charge in [-0.2, -0.15) is 0 Å². The highest BCUT2D eigenvalue weighted by molar-refractivity contribution is 5.34. The zero-order chi connectivity index (χ0) is 13.9. The van der Waals surface area contributed by atoms with E-state index in [0.29, 0.717) is 18.1 Å². The molecule has 0 aromatic carbocycles. The van der Waals surface area contributed by atoms with E-state index >= 15 is 0 Å². The van der Waals surface area contributed by atoms with Gasteiger partial charge >= 0.3 is 0 Å². The van der Waals surface area contributed by atoms with Crippen LogP contribution in [-0.2, 0) is 17.7 Å². The molecular formula is C14H20N4O2. The van der Waals surface area contributed by atoms with Crippen molar-refractivity contribution < 1.29 is 4.74 Å². The smallest absolute Gasteiger partial charge is 0.296 e. The number of fused-ring (bicyclic) bond motifs is 1. The molecule has 1 atom stereocenters. The van der Waals surface area contributed by atoms with Crippen molar-refractivity contribution in [3.8, 4) is 0 Å². The van der Waals surface area contributed by atoms with Crippen LogP contribution in [0.1, 0.15) is 32.0 Å². The van der Waals surface area contributed by atoms with E-state index in [1.165, 1.54) is 0 Å². The van der Waals surface area contributed by atoms with Crippen molar-refractivity contribution in [2.75, 3.05) is 13.2 Å². The Hall–Kier alpha value is -1.69. The van der Waals surface area contributed by atoms with Crippen molar-refractivity contribution in [1.29, 1.82) is 0 Å². The summed E-state index contributed by atoms with van der Waals surface area (Å²) in [4.78, 5) is 12.4. The normalized spacial score (nSPS) is 19.6. The molecule has 1 aliphatic rings. The lowest BCUT2D eigenvalue weighted by Gasteiger charge is -2.22. The second kappa shape index (κ2) is 5.75. The quantitative estimate of drug-likeness (QED) is 0.843. The molecule has 2 aromatic rings. The van der Waals surface area contributed by atoms with Crippen molar-refractivity contribution in [3.05, 3.63) is 28.6 Å². The van der Waals surface area contributed by atoms with Crippen LogP contribution in [0.2, 0.25) is 0 Å². The second-order valence-corrected chi connectivity index (χ2v) is 5.40. The van der Waals surface area contributed by atoms with E-state index in [-0.39, 0.29) is 5.56 Å². The van der Waals surface area contributed by atoms with Crippen LogP contribution in [0.4, 0.5) is 0 Å². The maximum absolute atomic E-state index is 12.4. The van der Waals surface area contributed by atoms with E-state index in [2.05, 4.69) is 17.1 Å². The lowest BCUT2D eigenvalue weighted by atomic mass is 10.0. The maximum Gasteiger partial charge on any atom is 0.296 e. The number of hydrogen-bond acceptors (Lipinski definition) is 4. The van der Waals surface area contributed by atoms with E-state index in [0.717, 1.165) is 44.7 Å². The van der Waals surface area contributed by atoms with Gasteiger partial charge in [0.25, 0.3) is 5.56 Å². The fourth-order valence-corrected chi connectivity index (χ4v) is 2.74. The van der Waals surface area contributed by atoms with Crippen LogP contribution >= 0.6 is 0 Å². The first-order valence-electron chi connectivity index (χ1n) is 7.30. The summed E-state index contributed by atoms with van der Waals surface area (Å²) in [6.07, 6.45) is 7.75. The molecule has 0 spiro atoms. The maximum atomic E-state index is 12.4. The predicted octanol–water partition coefficient (Wildman–Crippen LogP) is 1.27. The first-order valence-corrected chi connectivity index (χ1v) is 7.30. The molecule has 2 aromatic heterocycles. The fourth-order valence-electron chi connectivity index (χ4n) is 2.74. The molecule has 1 aliphatic heterocycles. The van der Waals surface area contributed by atoms with Crippen LogP contribution in [0.15, 0.2) is 17.2 Å². The van der Waals surface area contributed by atoms with Crippen molar-refractivity contribution >= 4 is 5.65 Å². The van der Waals surface area contributed by atoms with Crippen molar-refractivity contribution in [1.82, 2.24) is 19.2 Å². The van der Waals surface area contributed by atoms with Crippen molar-refractivity contribution in [3.63, 3.8) is 0 Å². The van der Waals surface area contributed by atoms with Crippen LogP contribution in [0.25, 0.3) is 5.65 Å². The molecule has 0 saturated carbocycles. The molecule has 6 heteroatoms. The summed E-state index contributed by atoms with van der Waals surface area (Å²) in [6.45, 7) is 4.37. The topological polar surface area (TPSA) is 61.4 Å². The van der Waals surface area contributed by atoms with E-state index in [1.54, 1.807) is 8.97 Å². The summed E-state index contributed by atoms with van der Waals surface area (Å²) >= 11 is 0. The van der Waals surface area contributed by atoms with Gasteiger partial charge in [0.2, 0.25) is 5.65 Å². The largest absolute Gasteiger partial charge is 0.381 e. The Kier molecular flexibility index (Phi) is 3.82. The first-order chi connectivity index (χ1) is 9.79. The molecule has 3 heterocycles. The summed E-state index contributed by atoms with van der Waals surface area (Å²) in [5.74, 6) is 1.27. The second-order valence-electron chi connectivity index (χ2n) is 5.40. The zero-order valence-electron chi connectivity index (χ0n) is 11.8. The van der Waals surface area contributed by atoms with Gasteiger partial charge in [-0.1, -0.05) is 6.92 Å². The zero-order valence-corrected chi connectivity index (χ0v) is 11.8. The van der Waals surface area contributed by atoms with Gasteiger partial charge < -0.3 is 9.30 Å². The molecule has 3 rings (SSSR count). The third-order valence-electron chi connectivity index (χ3n) is 3.80. The highest BCUT2D eigenvalue weighted by Crippen LogP contribution is 2.15. The molecule has 0 bridgehead atoms. The summed E-state index contributed by atoms with van der Waals surface area (Å²) in [7, 11) is 0. The number of aryl methyl sites for hydroxylation is 1. The average Bonchev–Trinajstić information content (AvgIpc) is 2.88. The summed E-state index contributed by atoms with van der Waals surface area (Å²) in [5.41, 5.74) is 0.362. The van der Waals surface area contributed by atoms with E-state index in [1.807, 2.05) is 12.4 Å².